The Balaban J connectivity index is 1.39. The van der Waals surface area contributed by atoms with Crippen LogP contribution in [0.4, 0.5) is 5.69 Å². The van der Waals surface area contributed by atoms with Gasteiger partial charge in [0.1, 0.15) is 17.6 Å². The topological polar surface area (TPSA) is 56.5 Å². The minimum absolute atomic E-state index is 0.441. The van der Waals surface area contributed by atoms with E-state index in [4.69, 9.17) is 16.0 Å². The summed E-state index contributed by atoms with van der Waals surface area (Å²) in [6.07, 6.45) is 0. The van der Waals surface area contributed by atoms with Crippen LogP contribution in [0.1, 0.15) is 5.56 Å². The lowest BCUT2D eigenvalue weighted by Crippen LogP contribution is -2.01. The number of ether oxygens (including phenoxy) is 2. The SMILES string of the molecule is [C-]#[N+]c1cc(-n2c3ccc(OC)cc3c3c4ccccc4ccc32)c(C#N)cc1-n1c2ccc(OC)cc2c2c3ccccc3ccc21. The Morgan fingerprint density at radius 2 is 1.06 bits per heavy atom. The molecule has 0 atom stereocenters. The Labute approximate surface area is 275 Å². The van der Waals surface area contributed by atoms with E-state index in [0.717, 1.165) is 76.7 Å². The molecule has 2 heterocycles. The maximum absolute atomic E-state index is 10.8. The molecule has 6 nitrogen and oxygen atoms in total. The number of hydrogen-bond donors (Lipinski definition) is 0. The second-order valence-corrected chi connectivity index (χ2v) is 11.9. The van der Waals surface area contributed by atoms with Crippen LogP contribution >= 0.6 is 0 Å². The Morgan fingerprint density at radius 3 is 1.56 bits per heavy atom. The zero-order chi connectivity index (χ0) is 32.5. The van der Waals surface area contributed by atoms with Crippen LogP contribution in [0.3, 0.4) is 0 Å². The molecule has 0 N–H and O–H groups in total. The van der Waals surface area contributed by atoms with E-state index in [9.17, 15) is 5.26 Å². The van der Waals surface area contributed by atoms with E-state index in [1.807, 2.05) is 72.8 Å². The molecular formula is C42H26N4O2. The fourth-order valence-corrected chi connectivity index (χ4v) is 7.42. The molecule has 0 aliphatic heterocycles. The van der Waals surface area contributed by atoms with Crippen molar-refractivity contribution in [2.75, 3.05) is 14.2 Å². The van der Waals surface area contributed by atoms with Crippen LogP contribution in [-0.2, 0) is 0 Å². The molecule has 2 aromatic heterocycles. The van der Waals surface area contributed by atoms with Gasteiger partial charge in [-0.2, -0.15) is 5.26 Å². The lowest BCUT2D eigenvalue weighted by atomic mass is 10.0. The predicted molar refractivity (Wildman–Crippen MR) is 194 cm³/mol. The maximum atomic E-state index is 10.8. The van der Waals surface area contributed by atoms with Crippen LogP contribution in [0, 0.1) is 17.9 Å². The molecule has 0 fully saturated rings. The summed E-state index contributed by atoms with van der Waals surface area (Å²) < 4.78 is 15.5. The molecular weight excluding hydrogens is 592 g/mol. The van der Waals surface area contributed by atoms with E-state index in [1.54, 1.807) is 14.2 Å². The lowest BCUT2D eigenvalue weighted by molar-refractivity contribution is 0.415. The molecule has 0 amide bonds. The zero-order valence-corrected chi connectivity index (χ0v) is 26.2. The van der Waals surface area contributed by atoms with Gasteiger partial charge in [-0.1, -0.05) is 60.7 Å². The van der Waals surface area contributed by atoms with Gasteiger partial charge in [0.25, 0.3) is 0 Å². The smallest absolute Gasteiger partial charge is 0.212 e. The van der Waals surface area contributed by atoms with Gasteiger partial charge in [-0.3, -0.25) is 0 Å². The number of fused-ring (bicyclic) bond motifs is 10. The third-order valence-corrected chi connectivity index (χ3v) is 9.54. The highest BCUT2D eigenvalue weighted by Crippen LogP contribution is 2.44. The van der Waals surface area contributed by atoms with Gasteiger partial charge in [0.2, 0.25) is 5.69 Å². The van der Waals surface area contributed by atoms with E-state index in [0.29, 0.717) is 22.6 Å². The number of nitrogens with zero attached hydrogens (tertiary/aromatic N) is 4. The monoisotopic (exact) mass is 618 g/mol. The number of rotatable bonds is 4. The van der Waals surface area contributed by atoms with Gasteiger partial charge in [-0.05, 0) is 82.2 Å². The molecule has 0 aliphatic rings. The summed E-state index contributed by atoms with van der Waals surface area (Å²) >= 11 is 0. The van der Waals surface area contributed by atoms with Crippen LogP contribution in [0.5, 0.6) is 11.5 Å². The quantitative estimate of drug-likeness (QED) is 0.184. The van der Waals surface area contributed by atoms with Crippen molar-refractivity contribution in [3.63, 3.8) is 0 Å². The van der Waals surface area contributed by atoms with Gasteiger partial charge < -0.3 is 18.6 Å². The molecule has 0 spiro atoms. The Hall–Kier alpha value is -6.76. The number of nitriles is 1. The molecule has 48 heavy (non-hydrogen) atoms. The normalized spacial score (nSPS) is 11.5. The highest BCUT2D eigenvalue weighted by atomic mass is 16.5. The van der Waals surface area contributed by atoms with Crippen molar-refractivity contribution in [1.82, 2.24) is 9.13 Å². The Kier molecular flexibility index (Phi) is 5.96. The van der Waals surface area contributed by atoms with Crippen molar-refractivity contribution in [3.8, 4) is 28.9 Å². The minimum Gasteiger partial charge on any atom is -0.497 e. The molecule has 0 saturated heterocycles. The summed E-state index contributed by atoms with van der Waals surface area (Å²) in [5.41, 5.74) is 5.97. The van der Waals surface area contributed by atoms with Crippen molar-refractivity contribution in [3.05, 3.63) is 138 Å². The fraction of sp³-hybridized carbons (Fsp3) is 0.0476. The Bertz CT molecular complexity index is 2700. The van der Waals surface area contributed by atoms with Gasteiger partial charge in [0.15, 0.2) is 0 Å². The molecule has 9 aromatic rings. The van der Waals surface area contributed by atoms with Gasteiger partial charge in [-0.25, -0.2) is 4.85 Å². The molecule has 0 aliphatic carbocycles. The van der Waals surface area contributed by atoms with Gasteiger partial charge in [0, 0.05) is 21.5 Å². The van der Waals surface area contributed by atoms with Crippen molar-refractivity contribution in [2.45, 2.75) is 0 Å². The minimum atomic E-state index is 0.441. The van der Waals surface area contributed by atoms with Crippen molar-refractivity contribution < 1.29 is 9.47 Å². The first-order valence-corrected chi connectivity index (χ1v) is 15.6. The number of benzene rings is 7. The summed E-state index contributed by atoms with van der Waals surface area (Å²) in [7, 11) is 3.33. The van der Waals surface area contributed by atoms with Crippen molar-refractivity contribution in [1.29, 1.82) is 5.26 Å². The van der Waals surface area contributed by atoms with E-state index in [-0.39, 0.29) is 0 Å². The molecule has 9 rings (SSSR count). The van der Waals surface area contributed by atoms with E-state index < -0.39 is 0 Å². The Morgan fingerprint density at radius 1 is 0.562 bits per heavy atom. The van der Waals surface area contributed by atoms with E-state index in [1.165, 1.54) is 0 Å². The fourth-order valence-electron chi connectivity index (χ4n) is 7.42. The standard InChI is InChI=1S/C42H26N4O2/c1-44-34-23-39(45-35-18-14-28(47-2)21-32(35)41-30-10-6-4-8-25(30)12-16-37(41)45)27(24-43)20-40(34)46-36-19-15-29(48-3)22-33(36)42-31-11-7-5-9-26(31)13-17-38(42)46/h4-23H,2-3H3. The van der Waals surface area contributed by atoms with Gasteiger partial charge in [0.05, 0.1) is 59.8 Å². The lowest BCUT2D eigenvalue weighted by Gasteiger charge is -2.16. The number of methoxy groups -OCH3 is 2. The summed E-state index contributed by atoms with van der Waals surface area (Å²) in [5.74, 6) is 1.51. The summed E-state index contributed by atoms with van der Waals surface area (Å²) in [4.78, 5) is 4.08. The summed E-state index contributed by atoms with van der Waals surface area (Å²) in [5, 5.41) is 19.4. The summed E-state index contributed by atoms with van der Waals surface area (Å²) in [6.45, 7) is 8.42. The van der Waals surface area contributed by atoms with E-state index >= 15 is 0 Å². The van der Waals surface area contributed by atoms with Crippen LogP contribution in [0.2, 0.25) is 0 Å². The zero-order valence-electron chi connectivity index (χ0n) is 26.2. The van der Waals surface area contributed by atoms with Gasteiger partial charge in [-0.15, -0.1) is 0 Å². The average Bonchev–Trinajstić information content (AvgIpc) is 3.66. The molecule has 0 saturated carbocycles. The predicted octanol–water partition coefficient (Wildman–Crippen LogP) is 10.6. The van der Waals surface area contributed by atoms with Crippen molar-refractivity contribution >= 4 is 70.8 Å². The van der Waals surface area contributed by atoms with Crippen molar-refractivity contribution in [2.24, 2.45) is 0 Å². The summed E-state index contributed by atoms with van der Waals surface area (Å²) in [6, 6.07) is 43.3. The number of hydrogen-bond acceptors (Lipinski definition) is 3. The van der Waals surface area contributed by atoms with Crippen LogP contribution in [0.15, 0.2) is 121 Å². The highest BCUT2D eigenvalue weighted by Gasteiger charge is 2.23. The number of aromatic nitrogens is 2. The highest BCUT2D eigenvalue weighted by molar-refractivity contribution is 6.23. The van der Waals surface area contributed by atoms with Crippen LogP contribution < -0.4 is 9.47 Å². The largest absolute Gasteiger partial charge is 0.497 e. The second-order valence-electron chi connectivity index (χ2n) is 11.9. The first-order valence-electron chi connectivity index (χ1n) is 15.6. The molecule has 7 aromatic carbocycles. The molecule has 6 heteroatoms. The van der Waals surface area contributed by atoms with E-state index in [2.05, 4.69) is 68.6 Å². The second kappa shape index (κ2) is 10.4. The first-order chi connectivity index (χ1) is 23.6. The molecule has 0 unspecified atom stereocenters. The van der Waals surface area contributed by atoms with Crippen LogP contribution in [0.25, 0.3) is 81.4 Å². The maximum Gasteiger partial charge on any atom is 0.212 e. The third kappa shape index (κ3) is 3.78. The van der Waals surface area contributed by atoms with Crippen LogP contribution in [-0.4, -0.2) is 23.4 Å². The average molecular weight is 619 g/mol. The molecule has 0 bridgehead atoms. The molecule has 226 valence electrons. The first kappa shape index (κ1) is 27.5. The third-order valence-electron chi connectivity index (χ3n) is 9.54. The van der Waals surface area contributed by atoms with Gasteiger partial charge >= 0.3 is 0 Å². The molecule has 0 radical (unpaired) electrons.